The van der Waals surface area contributed by atoms with Crippen LogP contribution in [-0.4, -0.2) is 4.98 Å². The fraction of sp³-hybridized carbons (Fsp3) is 0.214. The van der Waals surface area contributed by atoms with E-state index in [9.17, 15) is 0 Å². The van der Waals surface area contributed by atoms with Gasteiger partial charge in [0, 0.05) is 11.9 Å². The van der Waals surface area contributed by atoms with Crippen LogP contribution in [0.4, 0.5) is 5.69 Å². The van der Waals surface area contributed by atoms with E-state index >= 15 is 0 Å². The van der Waals surface area contributed by atoms with Crippen molar-refractivity contribution in [1.29, 1.82) is 0 Å². The molecule has 1 aromatic heterocycles. The summed E-state index contributed by atoms with van der Waals surface area (Å²) >= 11 is 0. The van der Waals surface area contributed by atoms with Crippen molar-refractivity contribution < 1.29 is 0 Å². The van der Waals surface area contributed by atoms with Gasteiger partial charge >= 0.3 is 0 Å². The molecule has 0 fully saturated rings. The summed E-state index contributed by atoms with van der Waals surface area (Å²) in [5.41, 5.74) is 4.66. The third-order valence-corrected chi connectivity index (χ3v) is 2.46. The standard InChI is InChI=1S/C14H16N2/c1-11-4-3-5-13(8-11)16-10-14-7-6-12(2)9-15-14/h3-9,16H,10H2,1-2H3. The van der Waals surface area contributed by atoms with Gasteiger partial charge in [0.05, 0.1) is 12.2 Å². The Balaban J connectivity index is 1.99. The fourth-order valence-electron chi connectivity index (χ4n) is 1.55. The molecule has 2 heteroatoms. The molecular formula is C14H16N2. The second-order valence-corrected chi connectivity index (χ2v) is 4.05. The molecule has 1 N–H and O–H groups in total. The molecule has 1 heterocycles. The highest BCUT2D eigenvalue weighted by Crippen LogP contribution is 2.10. The van der Waals surface area contributed by atoms with Crippen molar-refractivity contribution in [2.24, 2.45) is 0 Å². The number of nitrogens with one attached hydrogen (secondary N) is 1. The maximum absolute atomic E-state index is 4.35. The van der Waals surface area contributed by atoms with Crippen LogP contribution < -0.4 is 5.32 Å². The van der Waals surface area contributed by atoms with Gasteiger partial charge in [0.15, 0.2) is 0 Å². The van der Waals surface area contributed by atoms with E-state index in [1.54, 1.807) is 0 Å². The molecule has 16 heavy (non-hydrogen) atoms. The molecule has 0 spiro atoms. The van der Waals surface area contributed by atoms with Gasteiger partial charge in [-0.2, -0.15) is 0 Å². The number of hydrogen-bond acceptors (Lipinski definition) is 2. The predicted molar refractivity (Wildman–Crippen MR) is 67.5 cm³/mol. The zero-order valence-corrected chi connectivity index (χ0v) is 9.70. The molecular weight excluding hydrogens is 196 g/mol. The maximum Gasteiger partial charge on any atom is 0.0594 e. The Kier molecular flexibility index (Phi) is 3.20. The van der Waals surface area contributed by atoms with Crippen LogP contribution in [0.5, 0.6) is 0 Å². The number of aromatic nitrogens is 1. The Morgan fingerprint density at radius 2 is 1.94 bits per heavy atom. The highest BCUT2D eigenvalue weighted by Gasteiger charge is 1.95. The molecule has 0 amide bonds. The van der Waals surface area contributed by atoms with Gasteiger partial charge in [0.1, 0.15) is 0 Å². The molecule has 0 aliphatic carbocycles. The van der Waals surface area contributed by atoms with Crippen molar-refractivity contribution in [2.45, 2.75) is 20.4 Å². The molecule has 0 bridgehead atoms. The van der Waals surface area contributed by atoms with Gasteiger partial charge < -0.3 is 5.32 Å². The summed E-state index contributed by atoms with van der Waals surface area (Å²) in [5, 5.41) is 3.36. The fourth-order valence-corrected chi connectivity index (χ4v) is 1.55. The molecule has 0 saturated heterocycles. The molecule has 1 aromatic carbocycles. The van der Waals surface area contributed by atoms with Crippen LogP contribution in [0.25, 0.3) is 0 Å². The molecule has 0 saturated carbocycles. The van der Waals surface area contributed by atoms with Crippen LogP contribution in [0, 0.1) is 13.8 Å². The van der Waals surface area contributed by atoms with E-state index in [2.05, 4.69) is 53.6 Å². The molecule has 0 aliphatic rings. The van der Waals surface area contributed by atoms with Gasteiger partial charge in [-0.25, -0.2) is 0 Å². The lowest BCUT2D eigenvalue weighted by atomic mass is 10.2. The SMILES string of the molecule is Cc1ccc(CNc2cccc(C)c2)nc1. The molecule has 0 unspecified atom stereocenters. The van der Waals surface area contributed by atoms with Crippen molar-refractivity contribution >= 4 is 5.69 Å². The highest BCUT2D eigenvalue weighted by molar-refractivity contribution is 5.45. The molecule has 2 aromatic rings. The Hall–Kier alpha value is -1.83. The summed E-state index contributed by atoms with van der Waals surface area (Å²) in [4.78, 5) is 4.35. The third-order valence-electron chi connectivity index (χ3n) is 2.46. The number of anilines is 1. The predicted octanol–water partition coefficient (Wildman–Crippen LogP) is 3.31. The Morgan fingerprint density at radius 1 is 1.06 bits per heavy atom. The van der Waals surface area contributed by atoms with Crippen LogP contribution in [0.3, 0.4) is 0 Å². The van der Waals surface area contributed by atoms with Gasteiger partial charge in [-0.3, -0.25) is 4.98 Å². The Morgan fingerprint density at radius 3 is 2.62 bits per heavy atom. The van der Waals surface area contributed by atoms with Gasteiger partial charge in [0.25, 0.3) is 0 Å². The summed E-state index contributed by atoms with van der Waals surface area (Å²) < 4.78 is 0. The van der Waals surface area contributed by atoms with E-state index in [0.29, 0.717) is 0 Å². The molecule has 2 nitrogen and oxygen atoms in total. The Labute approximate surface area is 96.4 Å². The lowest BCUT2D eigenvalue weighted by Gasteiger charge is -2.06. The highest BCUT2D eigenvalue weighted by atomic mass is 14.9. The minimum absolute atomic E-state index is 0.768. The minimum atomic E-state index is 0.768. The van der Waals surface area contributed by atoms with Crippen LogP contribution in [0.2, 0.25) is 0 Å². The first-order valence-corrected chi connectivity index (χ1v) is 5.46. The quantitative estimate of drug-likeness (QED) is 0.844. The summed E-state index contributed by atoms with van der Waals surface area (Å²) in [5.74, 6) is 0. The van der Waals surface area contributed by atoms with Crippen LogP contribution in [0.15, 0.2) is 42.6 Å². The monoisotopic (exact) mass is 212 g/mol. The number of hydrogen-bond donors (Lipinski definition) is 1. The minimum Gasteiger partial charge on any atom is -0.379 e. The van der Waals surface area contributed by atoms with Crippen LogP contribution in [-0.2, 0) is 6.54 Å². The number of nitrogens with zero attached hydrogens (tertiary/aromatic N) is 1. The zero-order chi connectivity index (χ0) is 11.4. The average Bonchev–Trinajstić information content (AvgIpc) is 2.28. The largest absolute Gasteiger partial charge is 0.379 e. The maximum atomic E-state index is 4.35. The van der Waals surface area contributed by atoms with Crippen molar-refractivity contribution in [2.75, 3.05) is 5.32 Å². The molecule has 0 radical (unpaired) electrons. The Bertz CT molecular complexity index is 460. The molecule has 2 rings (SSSR count). The van der Waals surface area contributed by atoms with E-state index in [4.69, 9.17) is 0 Å². The smallest absolute Gasteiger partial charge is 0.0594 e. The summed E-state index contributed by atoms with van der Waals surface area (Å²) in [6.07, 6.45) is 1.90. The number of aryl methyl sites for hydroxylation is 2. The third kappa shape index (κ3) is 2.83. The second kappa shape index (κ2) is 4.79. The zero-order valence-electron chi connectivity index (χ0n) is 9.70. The summed E-state index contributed by atoms with van der Waals surface area (Å²) in [6.45, 7) is 4.91. The van der Waals surface area contributed by atoms with E-state index in [-0.39, 0.29) is 0 Å². The van der Waals surface area contributed by atoms with E-state index in [1.807, 2.05) is 13.1 Å². The number of benzene rings is 1. The number of rotatable bonds is 3. The topological polar surface area (TPSA) is 24.9 Å². The first kappa shape index (κ1) is 10.7. The van der Waals surface area contributed by atoms with Crippen molar-refractivity contribution in [3.63, 3.8) is 0 Å². The summed E-state index contributed by atoms with van der Waals surface area (Å²) in [6, 6.07) is 12.5. The molecule has 0 atom stereocenters. The van der Waals surface area contributed by atoms with E-state index in [1.165, 1.54) is 11.1 Å². The number of pyridine rings is 1. The van der Waals surface area contributed by atoms with E-state index < -0.39 is 0 Å². The van der Waals surface area contributed by atoms with Crippen molar-refractivity contribution in [1.82, 2.24) is 4.98 Å². The average molecular weight is 212 g/mol. The van der Waals surface area contributed by atoms with Crippen LogP contribution >= 0.6 is 0 Å². The van der Waals surface area contributed by atoms with Crippen LogP contribution in [0.1, 0.15) is 16.8 Å². The lowest BCUT2D eigenvalue weighted by Crippen LogP contribution is -2.01. The van der Waals surface area contributed by atoms with Crippen molar-refractivity contribution in [3.8, 4) is 0 Å². The first-order valence-electron chi connectivity index (χ1n) is 5.46. The van der Waals surface area contributed by atoms with Gasteiger partial charge in [-0.1, -0.05) is 18.2 Å². The van der Waals surface area contributed by atoms with Crippen molar-refractivity contribution in [3.05, 3.63) is 59.4 Å². The lowest BCUT2D eigenvalue weighted by molar-refractivity contribution is 1.04. The summed E-state index contributed by atoms with van der Waals surface area (Å²) in [7, 11) is 0. The van der Waals surface area contributed by atoms with E-state index in [0.717, 1.165) is 17.9 Å². The van der Waals surface area contributed by atoms with Gasteiger partial charge in [-0.15, -0.1) is 0 Å². The molecule has 82 valence electrons. The van der Waals surface area contributed by atoms with Gasteiger partial charge in [-0.05, 0) is 43.2 Å². The normalized spacial score (nSPS) is 10.1. The van der Waals surface area contributed by atoms with Gasteiger partial charge in [0.2, 0.25) is 0 Å². The molecule has 0 aliphatic heterocycles. The first-order chi connectivity index (χ1) is 7.74. The second-order valence-electron chi connectivity index (χ2n) is 4.05.